The summed E-state index contributed by atoms with van der Waals surface area (Å²) in [5.41, 5.74) is -0.790. The van der Waals surface area contributed by atoms with Crippen LogP contribution in [0.15, 0.2) is 70.5 Å². The van der Waals surface area contributed by atoms with Gasteiger partial charge in [0.25, 0.3) is 11.5 Å². The highest BCUT2D eigenvalue weighted by molar-refractivity contribution is 6.34. The molecule has 0 radical (unpaired) electrons. The summed E-state index contributed by atoms with van der Waals surface area (Å²) >= 11 is 13.8. The first kappa shape index (κ1) is 30.3. The average Bonchev–Trinajstić information content (AvgIpc) is 2.96. The predicted octanol–water partition coefficient (Wildman–Crippen LogP) is 2.54. The molecule has 1 aromatic carbocycles. The van der Waals surface area contributed by atoms with Gasteiger partial charge in [-0.2, -0.15) is 0 Å². The lowest BCUT2D eigenvalue weighted by Gasteiger charge is -2.39. The minimum atomic E-state index is -1.49. The second-order valence-electron chi connectivity index (χ2n) is 10.6. The van der Waals surface area contributed by atoms with Crippen LogP contribution >= 0.6 is 23.2 Å². The Morgan fingerprint density at radius 1 is 1.21 bits per heavy atom. The van der Waals surface area contributed by atoms with E-state index in [1.54, 1.807) is 42.6 Å². The summed E-state index contributed by atoms with van der Waals surface area (Å²) in [6.45, 7) is 1.24. The Labute approximate surface area is 256 Å². The maximum Gasteiger partial charge on any atom is 0.330 e. The second-order valence-corrected chi connectivity index (χ2v) is 11.4. The van der Waals surface area contributed by atoms with E-state index in [1.807, 2.05) is 17.0 Å². The number of methoxy groups -OCH3 is 1. The van der Waals surface area contributed by atoms with E-state index in [1.165, 1.54) is 27.4 Å². The lowest BCUT2D eigenvalue weighted by molar-refractivity contribution is -0.147. The van der Waals surface area contributed by atoms with Crippen LogP contribution in [0.4, 0.5) is 0 Å². The van der Waals surface area contributed by atoms with Crippen molar-refractivity contribution in [2.45, 2.75) is 17.5 Å². The summed E-state index contributed by atoms with van der Waals surface area (Å²) in [7, 11) is 4.24. The highest BCUT2D eigenvalue weighted by Crippen LogP contribution is 2.43. The van der Waals surface area contributed by atoms with Crippen molar-refractivity contribution in [1.82, 2.24) is 24.3 Å². The molecular weight excluding hydrogens is 597 g/mol. The quantitative estimate of drug-likeness (QED) is 0.365. The molecule has 224 valence electrons. The van der Waals surface area contributed by atoms with E-state index in [0.29, 0.717) is 47.2 Å². The van der Waals surface area contributed by atoms with Crippen LogP contribution < -0.4 is 21.3 Å². The minimum Gasteiger partial charge on any atom is -0.496 e. The van der Waals surface area contributed by atoms with Gasteiger partial charge >= 0.3 is 11.7 Å². The number of amides is 1. The number of aliphatic carboxylic acids is 1. The highest BCUT2D eigenvalue weighted by atomic mass is 35.5. The molecule has 2 aliphatic rings. The lowest BCUT2D eigenvalue weighted by Crippen LogP contribution is -2.54. The maximum absolute atomic E-state index is 13.8. The number of carboxylic acid groups (broad SMARTS) is 1. The number of carbonyl (C=O) groups is 2. The molecule has 2 aromatic heterocycles. The van der Waals surface area contributed by atoms with Gasteiger partial charge < -0.3 is 19.7 Å². The highest BCUT2D eigenvalue weighted by Gasteiger charge is 2.45. The van der Waals surface area contributed by atoms with E-state index in [2.05, 4.69) is 5.32 Å². The third kappa shape index (κ3) is 5.51. The normalized spacial score (nSPS) is 20.3. The molecule has 1 aliphatic carbocycles. The van der Waals surface area contributed by atoms with Crippen molar-refractivity contribution in [2.24, 2.45) is 20.0 Å². The van der Waals surface area contributed by atoms with Crippen LogP contribution in [0.1, 0.15) is 27.2 Å². The van der Waals surface area contributed by atoms with Crippen molar-refractivity contribution in [2.75, 3.05) is 20.2 Å². The van der Waals surface area contributed by atoms with E-state index in [-0.39, 0.29) is 5.56 Å². The van der Waals surface area contributed by atoms with Gasteiger partial charge in [0.05, 0.1) is 24.1 Å². The minimum absolute atomic E-state index is 0.260. The molecule has 2 N–H and O–H groups in total. The van der Waals surface area contributed by atoms with Crippen LogP contribution in [-0.4, -0.2) is 61.6 Å². The summed E-state index contributed by atoms with van der Waals surface area (Å²) in [5.74, 6) is -1.55. The zero-order valence-corrected chi connectivity index (χ0v) is 25.1. The number of halogens is 2. The SMILES string of the molecule is COc1cc(C2(NC(=O)c3cn(C)c(=O)n(C)c3=O)C=CC=C(c3ccccc3Cl)C2Cl)ncc1CN1CC(C(=O)O)C1. The molecule has 5 rings (SSSR count). The van der Waals surface area contributed by atoms with Gasteiger partial charge in [0.1, 0.15) is 16.9 Å². The van der Waals surface area contributed by atoms with Crippen LogP contribution in [0.2, 0.25) is 5.02 Å². The van der Waals surface area contributed by atoms with E-state index >= 15 is 0 Å². The first-order valence-corrected chi connectivity index (χ1v) is 14.1. The maximum atomic E-state index is 13.8. The summed E-state index contributed by atoms with van der Waals surface area (Å²) < 4.78 is 7.69. The van der Waals surface area contributed by atoms with Crippen molar-refractivity contribution >= 4 is 40.7 Å². The van der Waals surface area contributed by atoms with Gasteiger partial charge in [-0.15, -0.1) is 11.6 Å². The van der Waals surface area contributed by atoms with Crippen molar-refractivity contribution in [3.05, 3.63) is 109 Å². The van der Waals surface area contributed by atoms with E-state index in [0.717, 1.165) is 14.7 Å². The number of alkyl halides is 1. The number of aromatic nitrogens is 3. The molecule has 1 amide bonds. The standard InChI is InChI=1S/C30H29Cl2N5O6/c1-35-16-21(27(39)36(2)29(35)42)26(38)34-30(10-6-8-20(25(30)32)19-7-4-5-9-22(19)31)24-11-23(43-3)17(12-33-24)13-37-14-18(15-37)28(40)41/h4-12,16,18,25H,13-15H2,1-3H3,(H,34,38)(H,40,41). The van der Waals surface area contributed by atoms with E-state index in [4.69, 9.17) is 32.9 Å². The molecular formula is C30H29Cl2N5O6. The number of nitrogens with zero attached hydrogens (tertiary/aromatic N) is 4. The molecule has 1 saturated heterocycles. The predicted molar refractivity (Wildman–Crippen MR) is 161 cm³/mol. The van der Waals surface area contributed by atoms with Gasteiger partial charge in [-0.05, 0) is 17.2 Å². The fraction of sp³-hybridized carbons (Fsp3) is 0.300. The van der Waals surface area contributed by atoms with Crippen molar-refractivity contribution in [1.29, 1.82) is 0 Å². The van der Waals surface area contributed by atoms with Crippen molar-refractivity contribution in [3.63, 3.8) is 0 Å². The number of allylic oxidation sites excluding steroid dienone is 2. The van der Waals surface area contributed by atoms with Crippen molar-refractivity contribution in [3.8, 4) is 5.75 Å². The van der Waals surface area contributed by atoms with Crippen molar-refractivity contribution < 1.29 is 19.4 Å². The number of ether oxygens (including phenoxy) is 1. The van der Waals surface area contributed by atoms with Crippen LogP contribution in [0.25, 0.3) is 5.57 Å². The van der Waals surface area contributed by atoms with Crippen LogP contribution in [0.3, 0.4) is 0 Å². The number of likely N-dealkylation sites (tertiary alicyclic amines) is 1. The molecule has 2 unspecified atom stereocenters. The largest absolute Gasteiger partial charge is 0.496 e. The summed E-state index contributed by atoms with van der Waals surface area (Å²) in [5, 5.41) is 11.7. The van der Waals surface area contributed by atoms with Crippen LogP contribution in [0, 0.1) is 5.92 Å². The van der Waals surface area contributed by atoms with E-state index < -0.39 is 40.0 Å². The Hall–Kier alpha value is -4.19. The lowest BCUT2D eigenvalue weighted by atomic mass is 9.80. The molecule has 1 fully saturated rings. The van der Waals surface area contributed by atoms with Gasteiger partial charge in [0, 0.05) is 62.8 Å². The fourth-order valence-corrected chi connectivity index (χ4v) is 6.01. The molecule has 3 aromatic rings. The zero-order valence-electron chi connectivity index (χ0n) is 23.6. The molecule has 13 heteroatoms. The number of pyridine rings is 1. The third-order valence-corrected chi connectivity index (χ3v) is 8.70. The van der Waals surface area contributed by atoms with E-state index in [9.17, 15) is 24.3 Å². The first-order chi connectivity index (χ1) is 20.5. The molecule has 3 heterocycles. The second kappa shape index (κ2) is 11.8. The molecule has 0 spiro atoms. The molecule has 1 aliphatic heterocycles. The third-order valence-electron chi connectivity index (χ3n) is 7.79. The topological polar surface area (TPSA) is 136 Å². The molecule has 2 atom stereocenters. The van der Waals surface area contributed by atoms with Gasteiger partial charge in [-0.25, -0.2) is 4.79 Å². The number of carboxylic acids is 1. The molecule has 11 nitrogen and oxygen atoms in total. The number of rotatable bonds is 8. The number of hydrogen-bond donors (Lipinski definition) is 2. The number of aryl methyl sites for hydroxylation is 1. The fourth-order valence-electron chi connectivity index (χ4n) is 5.34. The summed E-state index contributed by atoms with van der Waals surface area (Å²) in [4.78, 5) is 56.9. The number of hydrogen-bond acceptors (Lipinski definition) is 7. The molecule has 43 heavy (non-hydrogen) atoms. The number of carbonyl (C=O) groups excluding carboxylic acids is 1. The molecule has 0 saturated carbocycles. The Kier molecular flexibility index (Phi) is 8.33. The average molecular weight is 626 g/mol. The monoisotopic (exact) mass is 625 g/mol. The Morgan fingerprint density at radius 2 is 1.93 bits per heavy atom. The Balaban J connectivity index is 1.58. The smallest absolute Gasteiger partial charge is 0.330 e. The van der Waals surface area contributed by atoms with Gasteiger partial charge in [0.15, 0.2) is 0 Å². The summed E-state index contributed by atoms with van der Waals surface area (Å²) in [6, 6.07) is 8.82. The summed E-state index contributed by atoms with van der Waals surface area (Å²) in [6.07, 6.45) is 7.99. The Bertz CT molecular complexity index is 1790. The zero-order chi connectivity index (χ0) is 31.1. The van der Waals surface area contributed by atoms with Gasteiger partial charge in [-0.1, -0.05) is 48.0 Å². The van der Waals surface area contributed by atoms with Crippen LogP contribution in [-0.2, 0) is 31.0 Å². The van der Waals surface area contributed by atoms with Gasteiger partial charge in [-0.3, -0.25) is 28.8 Å². The number of benzene rings is 1. The number of nitrogens with one attached hydrogen (secondary N) is 1. The molecule has 0 bridgehead atoms. The van der Waals surface area contributed by atoms with Crippen LogP contribution in [0.5, 0.6) is 5.75 Å². The van der Waals surface area contributed by atoms with Gasteiger partial charge in [0.2, 0.25) is 0 Å². The Morgan fingerprint density at radius 3 is 2.60 bits per heavy atom. The first-order valence-electron chi connectivity index (χ1n) is 13.3.